The molecule has 0 spiro atoms. The van der Waals surface area contributed by atoms with Crippen molar-refractivity contribution in [3.05, 3.63) is 84.9 Å². The van der Waals surface area contributed by atoms with Gasteiger partial charge in [0.1, 0.15) is 11.4 Å². The molecule has 9 nitrogen and oxygen atoms in total. The van der Waals surface area contributed by atoms with Crippen LogP contribution in [0.3, 0.4) is 0 Å². The molecule has 6 rings (SSSR count). The summed E-state index contributed by atoms with van der Waals surface area (Å²) in [5, 5.41) is 21.2. The number of hydrogen-bond acceptors (Lipinski definition) is 7. The van der Waals surface area contributed by atoms with Gasteiger partial charge in [-0.25, -0.2) is 9.97 Å². The molecule has 9 heteroatoms. The normalized spacial score (nSPS) is 12.8. The second-order valence-corrected chi connectivity index (χ2v) is 7.25. The molecule has 0 atom stereocenters. The maximum absolute atomic E-state index is 9.78. The molecular formula is C23H16N8O. The van der Waals surface area contributed by atoms with Gasteiger partial charge in [-0.05, 0) is 35.9 Å². The number of nitrogens with zero attached hydrogens (tertiary/aromatic N) is 5. The Morgan fingerprint density at radius 2 is 1.75 bits per heavy atom. The van der Waals surface area contributed by atoms with Crippen LogP contribution in [0.25, 0.3) is 39.3 Å². The van der Waals surface area contributed by atoms with Crippen LogP contribution in [-0.4, -0.2) is 40.2 Å². The largest absolute Gasteiger partial charge is 0.506 e. The van der Waals surface area contributed by atoms with E-state index in [4.69, 9.17) is 4.98 Å². The minimum atomic E-state index is 0.0966. The van der Waals surface area contributed by atoms with E-state index in [1.807, 2.05) is 36.6 Å². The summed E-state index contributed by atoms with van der Waals surface area (Å²) in [5.41, 5.74) is 5.75. The van der Waals surface area contributed by atoms with E-state index in [1.54, 1.807) is 30.9 Å². The number of anilines is 1. The van der Waals surface area contributed by atoms with Crippen LogP contribution in [0.5, 0.6) is 5.75 Å². The number of nitrogens with one attached hydrogen (secondary N) is 3. The molecular weight excluding hydrogens is 404 g/mol. The summed E-state index contributed by atoms with van der Waals surface area (Å²) >= 11 is 0. The van der Waals surface area contributed by atoms with Gasteiger partial charge in [0.25, 0.3) is 0 Å². The Kier molecular flexibility index (Phi) is 4.04. The Hall–Kier alpha value is -4.79. The summed E-state index contributed by atoms with van der Waals surface area (Å²) in [6.45, 7) is 0. The second-order valence-electron chi connectivity index (χ2n) is 7.25. The molecule has 1 aliphatic rings. The molecule has 0 saturated carbocycles. The van der Waals surface area contributed by atoms with Gasteiger partial charge in [-0.2, -0.15) is 5.10 Å². The first-order valence-electron chi connectivity index (χ1n) is 9.89. The van der Waals surface area contributed by atoms with Crippen molar-refractivity contribution in [1.82, 2.24) is 35.1 Å². The van der Waals surface area contributed by atoms with E-state index in [-0.39, 0.29) is 5.75 Å². The molecule has 0 saturated heterocycles. The first-order valence-corrected chi connectivity index (χ1v) is 9.89. The van der Waals surface area contributed by atoms with Crippen molar-refractivity contribution in [2.24, 2.45) is 0 Å². The number of fused-ring (bicyclic) bond motifs is 2. The van der Waals surface area contributed by atoms with Crippen LogP contribution in [0.1, 0.15) is 11.3 Å². The number of imidazole rings is 1. The Labute approximate surface area is 181 Å². The fourth-order valence-corrected chi connectivity index (χ4v) is 3.74. The van der Waals surface area contributed by atoms with Gasteiger partial charge in [-0.3, -0.25) is 15.1 Å². The van der Waals surface area contributed by atoms with Gasteiger partial charge in [-0.1, -0.05) is 6.08 Å². The zero-order valence-electron chi connectivity index (χ0n) is 16.6. The van der Waals surface area contributed by atoms with Crippen molar-refractivity contribution in [2.75, 3.05) is 5.32 Å². The van der Waals surface area contributed by atoms with Gasteiger partial charge >= 0.3 is 0 Å². The van der Waals surface area contributed by atoms with Gasteiger partial charge in [-0.15, -0.1) is 0 Å². The third-order valence-corrected chi connectivity index (χ3v) is 5.25. The molecule has 6 heterocycles. The fraction of sp³-hybridized carbons (Fsp3) is 0. The molecule has 5 aromatic rings. The standard InChI is InChI=1S/C23H16N8O/c32-16-8-14(10-25-12-16)15-9-18-20(30-31-21(18)27-11-15)23-28-19-17(13-3-6-24-7-4-13)2-1-5-26-22(19)29-23/h1-12,26,32H,(H,28,29)(H,27,30,31). The van der Waals surface area contributed by atoms with Crippen molar-refractivity contribution in [1.29, 1.82) is 0 Å². The summed E-state index contributed by atoms with van der Waals surface area (Å²) in [7, 11) is 0. The molecule has 154 valence electrons. The molecule has 32 heavy (non-hydrogen) atoms. The highest BCUT2D eigenvalue weighted by atomic mass is 16.3. The van der Waals surface area contributed by atoms with Crippen LogP contribution in [0.15, 0.2) is 73.6 Å². The highest BCUT2D eigenvalue weighted by Crippen LogP contribution is 2.34. The van der Waals surface area contributed by atoms with E-state index >= 15 is 0 Å². The fourth-order valence-electron chi connectivity index (χ4n) is 3.74. The molecule has 0 aliphatic carbocycles. The molecule has 0 bridgehead atoms. The highest BCUT2D eigenvalue weighted by molar-refractivity contribution is 5.93. The van der Waals surface area contributed by atoms with Gasteiger partial charge < -0.3 is 15.4 Å². The lowest BCUT2D eigenvalue weighted by Gasteiger charge is -2.05. The SMILES string of the molecule is Oc1cncc(-c2cnc3n[nH]c(-c4nc5c([nH]4)C(c4ccncc4)=CC=CN5)c3c2)c1. The second kappa shape index (κ2) is 7.17. The number of H-pyrrole nitrogens is 2. The third kappa shape index (κ3) is 3.00. The van der Waals surface area contributed by atoms with Gasteiger partial charge in [0.2, 0.25) is 0 Å². The summed E-state index contributed by atoms with van der Waals surface area (Å²) in [6.07, 6.45) is 14.1. The smallest absolute Gasteiger partial charge is 0.181 e. The van der Waals surface area contributed by atoms with Crippen LogP contribution in [0.4, 0.5) is 5.82 Å². The third-order valence-electron chi connectivity index (χ3n) is 5.25. The Morgan fingerprint density at radius 3 is 2.62 bits per heavy atom. The Morgan fingerprint density at radius 1 is 0.875 bits per heavy atom. The van der Waals surface area contributed by atoms with Gasteiger partial charge in [0.05, 0.1) is 17.3 Å². The lowest BCUT2D eigenvalue weighted by molar-refractivity contribution is 0.473. The number of allylic oxidation sites excluding steroid dienone is 2. The number of aromatic nitrogens is 7. The zero-order chi connectivity index (χ0) is 21.5. The zero-order valence-corrected chi connectivity index (χ0v) is 16.6. The summed E-state index contributed by atoms with van der Waals surface area (Å²) < 4.78 is 0. The van der Waals surface area contributed by atoms with Crippen LogP contribution < -0.4 is 5.32 Å². The maximum atomic E-state index is 9.78. The minimum absolute atomic E-state index is 0.0966. The molecule has 0 unspecified atom stereocenters. The predicted molar refractivity (Wildman–Crippen MR) is 120 cm³/mol. The number of aromatic amines is 2. The Bertz CT molecular complexity index is 1510. The lowest BCUT2D eigenvalue weighted by atomic mass is 10.0. The average molecular weight is 420 g/mol. The number of rotatable bonds is 3. The number of aromatic hydroxyl groups is 1. The molecule has 4 N–H and O–H groups in total. The lowest BCUT2D eigenvalue weighted by Crippen LogP contribution is -1.92. The van der Waals surface area contributed by atoms with Crippen molar-refractivity contribution in [2.45, 2.75) is 0 Å². The minimum Gasteiger partial charge on any atom is -0.506 e. The van der Waals surface area contributed by atoms with Gasteiger partial charge in [0.15, 0.2) is 17.3 Å². The van der Waals surface area contributed by atoms with Crippen LogP contribution >= 0.6 is 0 Å². The van der Waals surface area contributed by atoms with E-state index in [2.05, 4.69) is 35.5 Å². The predicted octanol–water partition coefficient (Wildman–Crippen LogP) is 3.88. The topological polar surface area (TPSA) is 128 Å². The van der Waals surface area contributed by atoms with Crippen molar-refractivity contribution < 1.29 is 5.11 Å². The van der Waals surface area contributed by atoms with Gasteiger partial charge in [0, 0.05) is 47.7 Å². The van der Waals surface area contributed by atoms with Crippen molar-refractivity contribution >= 4 is 22.4 Å². The first-order chi connectivity index (χ1) is 15.8. The van der Waals surface area contributed by atoms with E-state index in [0.29, 0.717) is 17.3 Å². The van der Waals surface area contributed by atoms with Crippen LogP contribution in [0.2, 0.25) is 0 Å². The quantitative estimate of drug-likeness (QED) is 0.349. The molecule has 0 fully saturated rings. The monoisotopic (exact) mass is 420 g/mol. The number of pyridine rings is 3. The average Bonchev–Trinajstić information content (AvgIpc) is 3.38. The molecule has 1 aliphatic heterocycles. The Balaban J connectivity index is 1.47. The van der Waals surface area contributed by atoms with Crippen molar-refractivity contribution in [3.63, 3.8) is 0 Å². The first kappa shape index (κ1) is 18.0. The molecule has 0 amide bonds. The highest BCUT2D eigenvalue weighted by Gasteiger charge is 2.20. The summed E-state index contributed by atoms with van der Waals surface area (Å²) in [4.78, 5) is 20.8. The van der Waals surface area contributed by atoms with E-state index in [0.717, 1.165) is 39.0 Å². The summed E-state index contributed by atoms with van der Waals surface area (Å²) in [5.74, 6) is 1.44. The molecule has 0 aromatic carbocycles. The van der Waals surface area contributed by atoms with Crippen LogP contribution in [0, 0.1) is 0 Å². The number of hydrogen-bond donors (Lipinski definition) is 4. The van der Waals surface area contributed by atoms with E-state index < -0.39 is 0 Å². The van der Waals surface area contributed by atoms with E-state index in [1.165, 1.54) is 6.20 Å². The van der Waals surface area contributed by atoms with Crippen molar-refractivity contribution in [3.8, 4) is 28.4 Å². The van der Waals surface area contributed by atoms with Crippen LogP contribution in [-0.2, 0) is 0 Å². The molecule has 5 aromatic heterocycles. The van der Waals surface area contributed by atoms with E-state index in [9.17, 15) is 5.11 Å². The molecule has 0 radical (unpaired) electrons. The summed E-state index contributed by atoms with van der Waals surface area (Å²) in [6, 6.07) is 7.52. The maximum Gasteiger partial charge on any atom is 0.181 e.